The molecule has 0 saturated carbocycles. The molecule has 2 rings (SSSR count). The van der Waals surface area contributed by atoms with Crippen molar-refractivity contribution in [2.24, 2.45) is 0 Å². The van der Waals surface area contributed by atoms with Gasteiger partial charge < -0.3 is 0 Å². The lowest BCUT2D eigenvalue weighted by atomic mass is 10.0. The summed E-state index contributed by atoms with van der Waals surface area (Å²) in [7, 11) is 0. The highest BCUT2D eigenvalue weighted by atomic mass is 35.5. The first-order valence-corrected chi connectivity index (χ1v) is 5.50. The topological polar surface area (TPSA) is 17.1 Å². The first-order chi connectivity index (χ1) is 7.81. The van der Waals surface area contributed by atoms with E-state index in [-0.39, 0.29) is 18.2 Å². The molecule has 0 aliphatic heterocycles. The fraction of sp³-hybridized carbons (Fsp3) is 0.133. The van der Waals surface area contributed by atoms with Crippen LogP contribution in [-0.4, -0.2) is 5.78 Å². The summed E-state index contributed by atoms with van der Waals surface area (Å²) in [6.07, 6.45) is 0.560. The van der Waals surface area contributed by atoms with Gasteiger partial charge in [0.15, 0.2) is 5.78 Å². The third-order valence-corrected chi connectivity index (χ3v) is 2.64. The molecule has 0 N–H and O–H groups in total. The largest absolute Gasteiger partial charge is 0.294 e. The van der Waals surface area contributed by atoms with E-state index in [4.69, 9.17) is 0 Å². The predicted octanol–water partition coefficient (Wildman–Crippen LogP) is 4.37. The molecule has 0 fully saturated rings. The molecule has 0 saturated heterocycles. The molecular formula is C15H15ClO. The summed E-state index contributed by atoms with van der Waals surface area (Å²) in [4.78, 5) is 11.5. The summed E-state index contributed by atoms with van der Waals surface area (Å²) in [5.41, 5.74) is 3.12. The number of halogens is 1. The van der Waals surface area contributed by atoms with E-state index < -0.39 is 0 Å². The Bertz CT molecular complexity index is 474. The summed E-state index contributed by atoms with van der Waals surface area (Å²) < 4.78 is 0. The zero-order chi connectivity index (χ0) is 11.4. The van der Waals surface area contributed by atoms with Gasteiger partial charge in [0.25, 0.3) is 0 Å². The Morgan fingerprint density at radius 3 is 1.94 bits per heavy atom. The zero-order valence-corrected chi connectivity index (χ0v) is 10.5. The molecule has 0 bridgehead atoms. The van der Waals surface area contributed by atoms with Crippen LogP contribution in [-0.2, 0) is 0 Å². The molecule has 2 heteroatoms. The van der Waals surface area contributed by atoms with Crippen molar-refractivity contribution in [3.63, 3.8) is 0 Å². The standard InChI is InChI=1S/C15H14O.ClH/c1-2-15(16)14-10-8-13(9-11-14)12-6-4-3-5-7-12;/h3-11H,2H2,1H3;1H. The van der Waals surface area contributed by atoms with Crippen molar-refractivity contribution in [2.75, 3.05) is 0 Å². The minimum Gasteiger partial charge on any atom is -0.294 e. The lowest BCUT2D eigenvalue weighted by Gasteiger charge is -2.02. The van der Waals surface area contributed by atoms with Gasteiger partial charge in [-0.3, -0.25) is 4.79 Å². The van der Waals surface area contributed by atoms with Crippen molar-refractivity contribution in [1.82, 2.24) is 0 Å². The molecule has 2 aromatic rings. The minimum absolute atomic E-state index is 0. The molecule has 0 aliphatic rings. The second-order valence-electron chi connectivity index (χ2n) is 3.72. The van der Waals surface area contributed by atoms with Crippen LogP contribution in [0.1, 0.15) is 23.7 Å². The molecule has 0 aliphatic carbocycles. The van der Waals surface area contributed by atoms with Crippen LogP contribution in [0.15, 0.2) is 54.6 Å². The monoisotopic (exact) mass is 246 g/mol. The summed E-state index contributed by atoms with van der Waals surface area (Å²) in [5, 5.41) is 0. The molecule has 17 heavy (non-hydrogen) atoms. The molecule has 2 aromatic carbocycles. The van der Waals surface area contributed by atoms with Gasteiger partial charge in [-0.15, -0.1) is 12.4 Å². The summed E-state index contributed by atoms with van der Waals surface area (Å²) >= 11 is 0. The average Bonchev–Trinajstić information content (AvgIpc) is 2.39. The third-order valence-electron chi connectivity index (χ3n) is 2.64. The van der Waals surface area contributed by atoms with E-state index in [9.17, 15) is 4.79 Å². The van der Waals surface area contributed by atoms with Gasteiger partial charge in [-0.2, -0.15) is 0 Å². The number of rotatable bonds is 3. The quantitative estimate of drug-likeness (QED) is 0.735. The normalized spacial score (nSPS) is 9.47. The molecule has 0 aromatic heterocycles. The van der Waals surface area contributed by atoms with E-state index in [0.29, 0.717) is 6.42 Å². The van der Waals surface area contributed by atoms with Crippen LogP contribution >= 0.6 is 12.4 Å². The molecule has 0 unspecified atom stereocenters. The van der Waals surface area contributed by atoms with Crippen LogP contribution in [0.5, 0.6) is 0 Å². The second-order valence-corrected chi connectivity index (χ2v) is 3.72. The number of ketones is 1. The molecular weight excluding hydrogens is 232 g/mol. The Morgan fingerprint density at radius 2 is 1.41 bits per heavy atom. The number of carbonyl (C=O) groups is 1. The summed E-state index contributed by atoms with van der Waals surface area (Å²) in [6, 6.07) is 17.9. The second kappa shape index (κ2) is 6.21. The highest BCUT2D eigenvalue weighted by molar-refractivity contribution is 5.96. The van der Waals surface area contributed by atoms with Crippen LogP contribution in [0, 0.1) is 0 Å². The van der Waals surface area contributed by atoms with Gasteiger partial charge in [0.1, 0.15) is 0 Å². The van der Waals surface area contributed by atoms with Gasteiger partial charge in [-0.25, -0.2) is 0 Å². The van der Waals surface area contributed by atoms with E-state index in [2.05, 4.69) is 12.1 Å². The fourth-order valence-corrected chi connectivity index (χ4v) is 1.68. The van der Waals surface area contributed by atoms with Crippen molar-refractivity contribution in [1.29, 1.82) is 0 Å². The van der Waals surface area contributed by atoms with Gasteiger partial charge in [-0.05, 0) is 11.1 Å². The van der Waals surface area contributed by atoms with Crippen molar-refractivity contribution in [3.8, 4) is 11.1 Å². The Morgan fingerprint density at radius 1 is 0.882 bits per heavy atom. The Balaban J connectivity index is 0.00000144. The van der Waals surface area contributed by atoms with Gasteiger partial charge >= 0.3 is 0 Å². The Labute approximate surface area is 108 Å². The van der Waals surface area contributed by atoms with Crippen molar-refractivity contribution < 1.29 is 4.79 Å². The van der Waals surface area contributed by atoms with Crippen molar-refractivity contribution >= 4 is 18.2 Å². The highest BCUT2D eigenvalue weighted by Gasteiger charge is 2.02. The predicted molar refractivity (Wildman–Crippen MR) is 73.7 cm³/mol. The Kier molecular flexibility index (Phi) is 4.92. The first-order valence-electron chi connectivity index (χ1n) is 5.50. The zero-order valence-electron chi connectivity index (χ0n) is 9.72. The number of benzene rings is 2. The third kappa shape index (κ3) is 3.18. The van der Waals surface area contributed by atoms with E-state index >= 15 is 0 Å². The van der Waals surface area contributed by atoms with Crippen LogP contribution in [0.4, 0.5) is 0 Å². The number of carbonyl (C=O) groups excluding carboxylic acids is 1. The van der Waals surface area contributed by atoms with Gasteiger partial charge in [0, 0.05) is 12.0 Å². The molecule has 0 atom stereocenters. The van der Waals surface area contributed by atoms with Crippen LogP contribution in [0.25, 0.3) is 11.1 Å². The lowest BCUT2D eigenvalue weighted by Crippen LogP contribution is -1.95. The molecule has 88 valence electrons. The van der Waals surface area contributed by atoms with Crippen LogP contribution in [0.2, 0.25) is 0 Å². The van der Waals surface area contributed by atoms with Crippen molar-refractivity contribution in [2.45, 2.75) is 13.3 Å². The Hall–Kier alpha value is -1.60. The van der Waals surface area contributed by atoms with Crippen LogP contribution < -0.4 is 0 Å². The summed E-state index contributed by atoms with van der Waals surface area (Å²) in [6.45, 7) is 1.88. The number of hydrogen-bond donors (Lipinski definition) is 0. The first kappa shape index (κ1) is 13.5. The number of hydrogen-bond acceptors (Lipinski definition) is 1. The lowest BCUT2D eigenvalue weighted by molar-refractivity contribution is 0.0988. The van der Waals surface area contributed by atoms with E-state index in [0.717, 1.165) is 11.1 Å². The fourth-order valence-electron chi connectivity index (χ4n) is 1.68. The molecule has 0 spiro atoms. The summed E-state index contributed by atoms with van der Waals surface area (Å²) in [5.74, 6) is 0.194. The smallest absolute Gasteiger partial charge is 0.162 e. The van der Waals surface area contributed by atoms with Crippen molar-refractivity contribution in [3.05, 3.63) is 60.2 Å². The molecule has 0 heterocycles. The van der Waals surface area contributed by atoms with Gasteiger partial charge in [0.05, 0.1) is 0 Å². The molecule has 0 amide bonds. The molecule has 0 radical (unpaired) electrons. The van der Waals surface area contributed by atoms with Gasteiger partial charge in [-0.1, -0.05) is 61.5 Å². The number of Topliss-reactive ketones (excluding diaryl/α,β-unsaturated/α-hetero) is 1. The van der Waals surface area contributed by atoms with Gasteiger partial charge in [0.2, 0.25) is 0 Å². The maximum atomic E-state index is 11.5. The molecule has 1 nitrogen and oxygen atoms in total. The van der Waals surface area contributed by atoms with E-state index in [1.54, 1.807) is 0 Å². The average molecular weight is 247 g/mol. The van der Waals surface area contributed by atoms with E-state index in [1.165, 1.54) is 5.56 Å². The minimum atomic E-state index is 0. The van der Waals surface area contributed by atoms with Crippen LogP contribution in [0.3, 0.4) is 0 Å². The SMILES string of the molecule is CCC(=O)c1ccc(-c2ccccc2)cc1.Cl. The highest BCUT2D eigenvalue weighted by Crippen LogP contribution is 2.19. The van der Waals surface area contributed by atoms with E-state index in [1.807, 2.05) is 49.4 Å². The maximum Gasteiger partial charge on any atom is 0.162 e. The maximum absolute atomic E-state index is 11.5.